The Morgan fingerprint density at radius 1 is 1.73 bits per heavy atom. The number of hydrogen-bond donors (Lipinski definition) is 2. The molecule has 2 atom stereocenters. The van der Waals surface area contributed by atoms with Gasteiger partial charge in [-0.3, -0.25) is 4.79 Å². The average Bonchev–Trinajstić information content (AvgIpc) is 1.99. The van der Waals surface area contributed by atoms with Gasteiger partial charge in [0, 0.05) is 6.54 Å². The second kappa shape index (κ2) is 4.69. The topological polar surface area (TPSA) is 78.9 Å². The molecule has 0 aromatic rings. The van der Waals surface area contributed by atoms with Crippen LogP contribution in [0, 0.1) is 17.2 Å². The van der Waals surface area contributed by atoms with Crippen molar-refractivity contribution in [3.63, 3.8) is 0 Å². The van der Waals surface area contributed by atoms with Crippen molar-refractivity contribution in [3.05, 3.63) is 0 Å². The molecule has 4 heteroatoms. The summed E-state index contributed by atoms with van der Waals surface area (Å²) in [6.07, 6.45) is 0. The third-order valence-corrected chi connectivity index (χ3v) is 1.22. The van der Waals surface area contributed by atoms with Gasteiger partial charge >= 0.3 is 0 Å². The first-order valence-electron chi connectivity index (χ1n) is 3.50. The highest BCUT2D eigenvalue weighted by molar-refractivity contribution is 5.80. The zero-order valence-electron chi connectivity index (χ0n) is 6.79. The maximum absolute atomic E-state index is 10.8. The van der Waals surface area contributed by atoms with E-state index in [-0.39, 0.29) is 11.8 Å². The zero-order chi connectivity index (χ0) is 8.85. The summed E-state index contributed by atoms with van der Waals surface area (Å²) in [5, 5.41) is 10.9. The molecule has 0 aliphatic carbocycles. The van der Waals surface area contributed by atoms with E-state index < -0.39 is 6.04 Å². The molecule has 11 heavy (non-hydrogen) atoms. The van der Waals surface area contributed by atoms with Gasteiger partial charge < -0.3 is 11.1 Å². The van der Waals surface area contributed by atoms with Crippen molar-refractivity contribution in [3.8, 4) is 6.07 Å². The molecule has 62 valence electrons. The van der Waals surface area contributed by atoms with Crippen molar-refractivity contribution < 1.29 is 4.79 Å². The fraction of sp³-hybridized carbons (Fsp3) is 0.714. The molecular formula is C7H13N3O. The van der Waals surface area contributed by atoms with Gasteiger partial charge in [-0.15, -0.1) is 0 Å². The lowest BCUT2D eigenvalue weighted by Gasteiger charge is -2.07. The normalized spacial score (nSPS) is 14.7. The molecular weight excluding hydrogens is 142 g/mol. The lowest BCUT2D eigenvalue weighted by atomic mass is 10.2. The summed E-state index contributed by atoms with van der Waals surface area (Å²) in [6, 6.07) is 1.50. The SMILES string of the molecule is CC(C#N)CNC(=O)[C@H](C)N. The van der Waals surface area contributed by atoms with Gasteiger partial charge in [0.2, 0.25) is 5.91 Å². The third kappa shape index (κ3) is 4.34. The van der Waals surface area contributed by atoms with Gasteiger partial charge in [-0.25, -0.2) is 0 Å². The van der Waals surface area contributed by atoms with Gasteiger partial charge in [0.05, 0.1) is 18.0 Å². The first-order chi connectivity index (χ1) is 5.07. The summed E-state index contributed by atoms with van der Waals surface area (Å²) >= 11 is 0. The fourth-order valence-corrected chi connectivity index (χ4v) is 0.460. The molecule has 3 N–H and O–H groups in total. The van der Waals surface area contributed by atoms with Gasteiger partial charge in [0.15, 0.2) is 0 Å². The minimum Gasteiger partial charge on any atom is -0.353 e. The Morgan fingerprint density at radius 2 is 2.27 bits per heavy atom. The summed E-state index contributed by atoms with van der Waals surface area (Å²) in [5.74, 6) is -0.371. The largest absolute Gasteiger partial charge is 0.353 e. The number of carbonyl (C=O) groups excluding carboxylic acids is 1. The summed E-state index contributed by atoms with van der Waals surface area (Å²) in [5.41, 5.74) is 5.27. The van der Waals surface area contributed by atoms with Crippen molar-refractivity contribution in [2.24, 2.45) is 11.7 Å². The fourth-order valence-electron chi connectivity index (χ4n) is 0.460. The Morgan fingerprint density at radius 3 is 2.64 bits per heavy atom. The van der Waals surface area contributed by atoms with Crippen LogP contribution in [0.4, 0.5) is 0 Å². The predicted molar refractivity (Wildman–Crippen MR) is 41.4 cm³/mol. The van der Waals surface area contributed by atoms with E-state index in [9.17, 15) is 4.79 Å². The first kappa shape index (κ1) is 9.92. The van der Waals surface area contributed by atoms with Crippen molar-refractivity contribution in [1.82, 2.24) is 5.32 Å². The van der Waals surface area contributed by atoms with E-state index in [0.717, 1.165) is 0 Å². The van der Waals surface area contributed by atoms with E-state index in [2.05, 4.69) is 5.32 Å². The van der Waals surface area contributed by atoms with Crippen LogP contribution in [0.3, 0.4) is 0 Å². The molecule has 0 spiro atoms. The smallest absolute Gasteiger partial charge is 0.236 e. The lowest BCUT2D eigenvalue weighted by molar-refractivity contribution is -0.122. The second-order valence-electron chi connectivity index (χ2n) is 2.56. The molecule has 0 aromatic carbocycles. The van der Waals surface area contributed by atoms with E-state index in [1.807, 2.05) is 6.07 Å². The quantitative estimate of drug-likeness (QED) is 0.582. The predicted octanol–water partition coefficient (Wildman–Crippen LogP) is -0.391. The van der Waals surface area contributed by atoms with Crippen LogP contribution in [0.15, 0.2) is 0 Å². The molecule has 0 radical (unpaired) electrons. The van der Waals surface area contributed by atoms with Gasteiger partial charge in [0.25, 0.3) is 0 Å². The van der Waals surface area contributed by atoms with Crippen LogP contribution < -0.4 is 11.1 Å². The van der Waals surface area contributed by atoms with Gasteiger partial charge in [0.1, 0.15) is 0 Å². The maximum Gasteiger partial charge on any atom is 0.236 e. The number of nitrogens with one attached hydrogen (secondary N) is 1. The standard InChI is InChI=1S/C7H13N3O/c1-5(3-8)4-10-7(11)6(2)9/h5-6H,4,9H2,1-2H3,(H,10,11)/t5?,6-/m0/s1. The Hall–Kier alpha value is -1.08. The molecule has 0 heterocycles. The Labute approximate surface area is 66.4 Å². The van der Waals surface area contributed by atoms with E-state index in [0.29, 0.717) is 6.54 Å². The van der Waals surface area contributed by atoms with Crippen molar-refractivity contribution in [2.45, 2.75) is 19.9 Å². The minimum atomic E-state index is -0.499. The van der Waals surface area contributed by atoms with Crippen molar-refractivity contribution >= 4 is 5.91 Å². The highest BCUT2D eigenvalue weighted by Gasteiger charge is 2.07. The number of amides is 1. The van der Waals surface area contributed by atoms with Gasteiger partial charge in [-0.1, -0.05) is 0 Å². The summed E-state index contributed by atoms with van der Waals surface area (Å²) in [4.78, 5) is 10.8. The summed E-state index contributed by atoms with van der Waals surface area (Å²) in [7, 11) is 0. The Balaban J connectivity index is 3.56. The molecule has 0 aliphatic heterocycles. The molecule has 0 aliphatic rings. The maximum atomic E-state index is 10.8. The molecule has 4 nitrogen and oxygen atoms in total. The van der Waals surface area contributed by atoms with Crippen LogP contribution in [0.25, 0.3) is 0 Å². The average molecular weight is 155 g/mol. The van der Waals surface area contributed by atoms with Crippen LogP contribution in [-0.4, -0.2) is 18.5 Å². The molecule has 1 amide bonds. The van der Waals surface area contributed by atoms with Gasteiger partial charge in [-0.2, -0.15) is 5.26 Å². The minimum absolute atomic E-state index is 0.155. The molecule has 0 saturated heterocycles. The van der Waals surface area contributed by atoms with Gasteiger partial charge in [-0.05, 0) is 13.8 Å². The number of nitrogens with zero attached hydrogens (tertiary/aromatic N) is 1. The monoisotopic (exact) mass is 155 g/mol. The van der Waals surface area contributed by atoms with E-state index in [4.69, 9.17) is 11.0 Å². The van der Waals surface area contributed by atoms with E-state index in [1.165, 1.54) is 0 Å². The zero-order valence-corrected chi connectivity index (χ0v) is 6.79. The Bertz CT molecular complexity index is 171. The van der Waals surface area contributed by atoms with E-state index in [1.54, 1.807) is 13.8 Å². The van der Waals surface area contributed by atoms with Crippen LogP contribution in [0.2, 0.25) is 0 Å². The molecule has 0 aromatic heterocycles. The molecule has 0 fully saturated rings. The van der Waals surface area contributed by atoms with Crippen LogP contribution in [0.5, 0.6) is 0 Å². The van der Waals surface area contributed by atoms with Crippen molar-refractivity contribution in [2.75, 3.05) is 6.54 Å². The first-order valence-corrected chi connectivity index (χ1v) is 3.50. The molecule has 0 rings (SSSR count). The number of hydrogen-bond acceptors (Lipinski definition) is 3. The number of carbonyl (C=O) groups is 1. The second-order valence-corrected chi connectivity index (χ2v) is 2.56. The van der Waals surface area contributed by atoms with Crippen LogP contribution >= 0.6 is 0 Å². The van der Waals surface area contributed by atoms with E-state index >= 15 is 0 Å². The van der Waals surface area contributed by atoms with Crippen LogP contribution in [-0.2, 0) is 4.79 Å². The third-order valence-electron chi connectivity index (χ3n) is 1.22. The molecule has 0 bridgehead atoms. The number of nitrogens with two attached hydrogens (primary N) is 1. The van der Waals surface area contributed by atoms with Crippen molar-refractivity contribution in [1.29, 1.82) is 5.26 Å². The summed E-state index contributed by atoms with van der Waals surface area (Å²) in [6.45, 7) is 3.71. The highest BCUT2D eigenvalue weighted by atomic mass is 16.2. The van der Waals surface area contributed by atoms with Crippen LogP contribution in [0.1, 0.15) is 13.8 Å². The number of nitriles is 1. The highest BCUT2D eigenvalue weighted by Crippen LogP contribution is 1.87. The Kier molecular flexibility index (Phi) is 4.23. The molecule has 0 saturated carbocycles. The molecule has 1 unspecified atom stereocenters. The summed E-state index contributed by atoms with van der Waals surface area (Å²) < 4.78 is 0. The lowest BCUT2D eigenvalue weighted by Crippen LogP contribution is -2.39. The number of rotatable bonds is 3.